The quantitative estimate of drug-likeness (QED) is 0.575. The zero-order valence-electron chi connectivity index (χ0n) is 6.22. The molecule has 0 saturated carbocycles. The van der Waals surface area contributed by atoms with Crippen molar-refractivity contribution >= 4 is 18.1 Å². The molecule has 0 aliphatic heterocycles. The van der Waals surface area contributed by atoms with Crippen LogP contribution in [0.25, 0.3) is 0 Å². The van der Waals surface area contributed by atoms with Gasteiger partial charge in [-0.25, -0.2) is 0 Å². The van der Waals surface area contributed by atoms with Gasteiger partial charge in [0, 0.05) is 5.69 Å². The molecule has 0 aliphatic rings. The Bertz CT molecular complexity index is 220. The standard InChI is InChI=1S/C8H11N.ClH/c1-6-3-4-8(9)5-7(6)2;/h3-5H,9H2,1-2H3;1H. The molecule has 0 unspecified atom stereocenters. The molecule has 1 aromatic carbocycles. The molecule has 1 rings (SSSR count). The van der Waals surface area contributed by atoms with E-state index in [1.54, 1.807) is 0 Å². The van der Waals surface area contributed by atoms with E-state index in [1.165, 1.54) is 11.1 Å². The lowest BCUT2D eigenvalue weighted by molar-refractivity contribution is 1.34. The first-order valence-corrected chi connectivity index (χ1v) is 3.03. The van der Waals surface area contributed by atoms with Gasteiger partial charge >= 0.3 is 0 Å². The normalized spacial score (nSPS) is 8.60. The van der Waals surface area contributed by atoms with E-state index in [0.29, 0.717) is 0 Å². The first-order valence-electron chi connectivity index (χ1n) is 3.03. The minimum atomic E-state index is 0. The van der Waals surface area contributed by atoms with Gasteiger partial charge in [0.1, 0.15) is 0 Å². The fourth-order valence-corrected chi connectivity index (χ4v) is 0.765. The minimum Gasteiger partial charge on any atom is -0.399 e. The summed E-state index contributed by atoms with van der Waals surface area (Å²) >= 11 is 0. The average Bonchev–Trinajstić information content (AvgIpc) is 1.80. The highest BCUT2D eigenvalue weighted by Gasteiger charge is 1.89. The Morgan fingerprint density at radius 1 is 1.10 bits per heavy atom. The first kappa shape index (κ1) is 9.31. The summed E-state index contributed by atoms with van der Waals surface area (Å²) in [4.78, 5) is 0. The minimum absolute atomic E-state index is 0. The Morgan fingerprint density at radius 3 is 2.10 bits per heavy atom. The van der Waals surface area contributed by atoms with Crippen molar-refractivity contribution in [2.24, 2.45) is 0 Å². The summed E-state index contributed by atoms with van der Waals surface area (Å²) < 4.78 is 0. The van der Waals surface area contributed by atoms with Gasteiger partial charge in [-0.1, -0.05) is 6.07 Å². The molecule has 0 aromatic heterocycles. The lowest BCUT2D eigenvalue weighted by atomic mass is 10.1. The number of nitrogens with two attached hydrogens (primary N) is 1. The molecule has 0 radical (unpaired) electrons. The number of hydrogen-bond donors (Lipinski definition) is 1. The summed E-state index contributed by atoms with van der Waals surface area (Å²) in [5.41, 5.74) is 8.93. The van der Waals surface area contributed by atoms with Crippen molar-refractivity contribution in [2.45, 2.75) is 13.8 Å². The molecule has 2 N–H and O–H groups in total. The maximum atomic E-state index is 5.53. The van der Waals surface area contributed by atoms with Crippen LogP contribution in [0, 0.1) is 13.8 Å². The third kappa shape index (κ3) is 1.92. The number of aryl methyl sites for hydroxylation is 2. The second kappa shape index (κ2) is 3.47. The van der Waals surface area contributed by atoms with Crippen molar-refractivity contribution in [1.82, 2.24) is 0 Å². The molecule has 0 spiro atoms. The van der Waals surface area contributed by atoms with Crippen LogP contribution < -0.4 is 5.73 Å². The molecular weight excluding hydrogens is 146 g/mol. The number of halogens is 1. The molecule has 0 saturated heterocycles. The molecule has 0 fully saturated rings. The highest BCUT2D eigenvalue weighted by Crippen LogP contribution is 2.09. The molecule has 56 valence electrons. The lowest BCUT2D eigenvalue weighted by Crippen LogP contribution is -1.86. The van der Waals surface area contributed by atoms with E-state index < -0.39 is 0 Å². The summed E-state index contributed by atoms with van der Waals surface area (Å²) in [6.07, 6.45) is 0. The Kier molecular flexibility index (Phi) is 3.23. The molecule has 0 heterocycles. The summed E-state index contributed by atoms with van der Waals surface area (Å²) in [7, 11) is 0. The van der Waals surface area contributed by atoms with E-state index in [2.05, 4.69) is 13.8 Å². The van der Waals surface area contributed by atoms with Crippen molar-refractivity contribution in [3.05, 3.63) is 29.3 Å². The number of rotatable bonds is 0. The van der Waals surface area contributed by atoms with Crippen molar-refractivity contribution in [3.63, 3.8) is 0 Å². The predicted molar refractivity (Wildman–Crippen MR) is 47.6 cm³/mol. The Morgan fingerprint density at radius 2 is 1.70 bits per heavy atom. The average molecular weight is 158 g/mol. The van der Waals surface area contributed by atoms with Gasteiger partial charge in [-0.05, 0) is 37.1 Å². The smallest absolute Gasteiger partial charge is 0.0316 e. The van der Waals surface area contributed by atoms with Gasteiger partial charge in [0.05, 0.1) is 0 Å². The van der Waals surface area contributed by atoms with E-state index in [0.717, 1.165) is 5.69 Å². The van der Waals surface area contributed by atoms with Gasteiger partial charge in [0.25, 0.3) is 0 Å². The van der Waals surface area contributed by atoms with Crippen molar-refractivity contribution < 1.29 is 0 Å². The SMILES string of the molecule is Cc1ccc(N)cc1C.Cl. The van der Waals surface area contributed by atoms with Crippen LogP contribution in [-0.2, 0) is 0 Å². The molecule has 1 aromatic rings. The molecular formula is C8H12ClN. The molecule has 0 aliphatic carbocycles. The maximum Gasteiger partial charge on any atom is 0.0316 e. The van der Waals surface area contributed by atoms with Crippen molar-refractivity contribution in [1.29, 1.82) is 0 Å². The topological polar surface area (TPSA) is 26.0 Å². The van der Waals surface area contributed by atoms with Gasteiger partial charge < -0.3 is 5.73 Å². The van der Waals surface area contributed by atoms with E-state index >= 15 is 0 Å². The van der Waals surface area contributed by atoms with Gasteiger partial charge in [-0.3, -0.25) is 0 Å². The number of nitrogen functional groups attached to an aromatic ring is 1. The van der Waals surface area contributed by atoms with Crippen LogP contribution in [0.1, 0.15) is 11.1 Å². The molecule has 1 nitrogen and oxygen atoms in total. The number of hydrogen-bond acceptors (Lipinski definition) is 1. The zero-order valence-corrected chi connectivity index (χ0v) is 7.03. The van der Waals surface area contributed by atoms with Crippen molar-refractivity contribution in [3.8, 4) is 0 Å². The largest absolute Gasteiger partial charge is 0.399 e. The van der Waals surface area contributed by atoms with Gasteiger partial charge in [0.15, 0.2) is 0 Å². The lowest BCUT2D eigenvalue weighted by Gasteiger charge is -1.98. The first-order chi connectivity index (χ1) is 4.20. The fourth-order valence-electron chi connectivity index (χ4n) is 0.765. The molecule has 0 atom stereocenters. The third-order valence-corrected chi connectivity index (χ3v) is 1.53. The molecule has 0 bridgehead atoms. The van der Waals surface area contributed by atoms with Crippen LogP contribution in [-0.4, -0.2) is 0 Å². The van der Waals surface area contributed by atoms with Crippen LogP contribution in [0.2, 0.25) is 0 Å². The molecule has 2 heteroatoms. The molecule has 10 heavy (non-hydrogen) atoms. The monoisotopic (exact) mass is 157 g/mol. The second-order valence-corrected chi connectivity index (χ2v) is 2.34. The van der Waals surface area contributed by atoms with Gasteiger partial charge in [-0.2, -0.15) is 0 Å². The van der Waals surface area contributed by atoms with Crippen LogP contribution >= 0.6 is 12.4 Å². The second-order valence-electron chi connectivity index (χ2n) is 2.34. The van der Waals surface area contributed by atoms with E-state index in [4.69, 9.17) is 5.73 Å². The summed E-state index contributed by atoms with van der Waals surface area (Å²) in [6, 6.07) is 5.93. The highest BCUT2D eigenvalue weighted by molar-refractivity contribution is 5.85. The Balaban J connectivity index is 0.000000810. The van der Waals surface area contributed by atoms with E-state index in [1.807, 2.05) is 18.2 Å². The van der Waals surface area contributed by atoms with Crippen LogP contribution in [0.3, 0.4) is 0 Å². The Labute approximate surface area is 67.7 Å². The number of benzene rings is 1. The maximum absolute atomic E-state index is 5.53. The van der Waals surface area contributed by atoms with E-state index in [-0.39, 0.29) is 12.4 Å². The van der Waals surface area contributed by atoms with Crippen LogP contribution in [0.5, 0.6) is 0 Å². The highest BCUT2D eigenvalue weighted by atomic mass is 35.5. The predicted octanol–water partition coefficient (Wildman–Crippen LogP) is 2.31. The third-order valence-electron chi connectivity index (χ3n) is 1.53. The summed E-state index contributed by atoms with van der Waals surface area (Å²) in [5.74, 6) is 0. The van der Waals surface area contributed by atoms with Crippen molar-refractivity contribution in [2.75, 3.05) is 5.73 Å². The number of anilines is 1. The van der Waals surface area contributed by atoms with Crippen LogP contribution in [0.4, 0.5) is 5.69 Å². The Hall–Kier alpha value is -0.690. The zero-order chi connectivity index (χ0) is 6.85. The van der Waals surface area contributed by atoms with Gasteiger partial charge in [0.2, 0.25) is 0 Å². The summed E-state index contributed by atoms with van der Waals surface area (Å²) in [5, 5.41) is 0. The van der Waals surface area contributed by atoms with Gasteiger partial charge in [-0.15, -0.1) is 12.4 Å². The summed E-state index contributed by atoms with van der Waals surface area (Å²) in [6.45, 7) is 4.14. The van der Waals surface area contributed by atoms with Crippen LogP contribution in [0.15, 0.2) is 18.2 Å². The van der Waals surface area contributed by atoms with E-state index in [9.17, 15) is 0 Å². The fraction of sp³-hybridized carbons (Fsp3) is 0.250. The molecule has 0 amide bonds.